The van der Waals surface area contributed by atoms with Crippen LogP contribution in [0.3, 0.4) is 0 Å². The predicted octanol–water partition coefficient (Wildman–Crippen LogP) is 3.04. The van der Waals surface area contributed by atoms with Crippen LogP contribution in [0.5, 0.6) is 0 Å². The number of nitrogens with two attached hydrogens (primary N) is 2. The van der Waals surface area contributed by atoms with Crippen LogP contribution in [0.15, 0.2) is 34.3 Å². The average molecular weight is 398 g/mol. The number of aromatic nitrogens is 1. The summed E-state index contributed by atoms with van der Waals surface area (Å²) in [5, 5.41) is 1.48. The smallest absolute Gasteiger partial charge is 0.240 e. The van der Waals surface area contributed by atoms with Gasteiger partial charge in [-0.25, -0.2) is 18.1 Å². The first kappa shape index (κ1) is 20.4. The van der Waals surface area contributed by atoms with Gasteiger partial charge in [0.15, 0.2) is 11.8 Å². The molecule has 1 aromatic heterocycles. The molecule has 1 atom stereocenters. The first-order chi connectivity index (χ1) is 12.2. The fraction of sp³-hybridized carbons (Fsp3) is 0.412. The minimum Gasteiger partial charge on any atom is -0.370 e. The number of nitrogens with one attached hydrogen (secondary N) is 1. The highest BCUT2D eigenvalue weighted by molar-refractivity contribution is 7.89. The number of fused-ring (bicyclic) bond motifs is 1. The van der Waals surface area contributed by atoms with Crippen LogP contribution in [0.4, 0.5) is 5.82 Å². The van der Waals surface area contributed by atoms with Gasteiger partial charge in [0.2, 0.25) is 10.0 Å². The van der Waals surface area contributed by atoms with Gasteiger partial charge in [0.05, 0.1) is 9.92 Å². The number of benzene rings is 1. The third-order valence-electron chi connectivity index (χ3n) is 3.93. The highest BCUT2D eigenvalue weighted by Crippen LogP contribution is 2.31. The molecule has 1 heterocycles. The second kappa shape index (κ2) is 8.66. The molecule has 2 aromatic rings. The zero-order valence-corrected chi connectivity index (χ0v) is 16.4. The molecule has 0 spiro atoms. The van der Waals surface area contributed by atoms with Crippen LogP contribution in [0.1, 0.15) is 39.5 Å². The standard InChI is InChI=1S/C17H24ClN5O2S/c1-3-4-5-6-11(2)23-26(24,25)12-7-8-13-14(9-12)16(22-17(19)20)21-10-15(13)18/h7-11,23H,3-6H2,1-2H3,(H4,19,20,21,22)/t11-/m0/s1. The number of rotatable bonds is 8. The lowest BCUT2D eigenvalue weighted by atomic mass is 10.1. The Labute approximate surface area is 158 Å². The Kier molecular flexibility index (Phi) is 6.80. The number of aliphatic imine (C=N–C) groups is 1. The molecule has 142 valence electrons. The third kappa shape index (κ3) is 5.06. The van der Waals surface area contributed by atoms with E-state index < -0.39 is 10.0 Å². The van der Waals surface area contributed by atoms with Crippen LogP contribution < -0.4 is 16.2 Å². The maximum Gasteiger partial charge on any atom is 0.240 e. The molecule has 0 aliphatic rings. The molecule has 0 saturated heterocycles. The van der Waals surface area contributed by atoms with Gasteiger partial charge in [0.25, 0.3) is 0 Å². The molecule has 7 nitrogen and oxygen atoms in total. The summed E-state index contributed by atoms with van der Waals surface area (Å²) in [4.78, 5) is 8.15. The lowest BCUT2D eigenvalue weighted by Crippen LogP contribution is -2.32. The number of nitrogens with zero attached hydrogens (tertiary/aromatic N) is 2. The molecule has 0 aliphatic carbocycles. The van der Waals surface area contributed by atoms with Crippen molar-refractivity contribution in [3.8, 4) is 0 Å². The number of pyridine rings is 1. The van der Waals surface area contributed by atoms with E-state index in [0.29, 0.717) is 15.8 Å². The van der Waals surface area contributed by atoms with E-state index >= 15 is 0 Å². The summed E-state index contributed by atoms with van der Waals surface area (Å²) >= 11 is 6.15. The van der Waals surface area contributed by atoms with Gasteiger partial charge in [-0.15, -0.1) is 0 Å². The number of halogens is 1. The summed E-state index contributed by atoms with van der Waals surface area (Å²) in [6, 6.07) is 4.46. The summed E-state index contributed by atoms with van der Waals surface area (Å²) in [5.74, 6) is 0.0505. The normalized spacial score (nSPS) is 12.9. The largest absolute Gasteiger partial charge is 0.370 e. The molecule has 2 rings (SSSR count). The average Bonchev–Trinajstić information content (AvgIpc) is 2.56. The van der Waals surface area contributed by atoms with Gasteiger partial charge in [0, 0.05) is 23.0 Å². The van der Waals surface area contributed by atoms with Crippen LogP contribution in [0, 0.1) is 0 Å². The van der Waals surface area contributed by atoms with Crippen molar-refractivity contribution in [2.45, 2.75) is 50.5 Å². The van der Waals surface area contributed by atoms with E-state index in [1.54, 1.807) is 6.07 Å². The molecule has 1 aromatic carbocycles. The Bertz CT molecular complexity index is 911. The summed E-state index contributed by atoms with van der Waals surface area (Å²) in [6.45, 7) is 3.97. The Morgan fingerprint density at radius 1 is 1.31 bits per heavy atom. The minimum atomic E-state index is -3.68. The van der Waals surface area contributed by atoms with Gasteiger partial charge in [-0.05, 0) is 25.5 Å². The number of guanidine groups is 1. The van der Waals surface area contributed by atoms with Crippen molar-refractivity contribution in [3.05, 3.63) is 29.4 Å². The van der Waals surface area contributed by atoms with Gasteiger partial charge in [-0.2, -0.15) is 4.99 Å². The first-order valence-corrected chi connectivity index (χ1v) is 10.3. The lowest BCUT2D eigenvalue weighted by molar-refractivity contribution is 0.527. The second-order valence-electron chi connectivity index (χ2n) is 6.19. The molecule has 0 aliphatic heterocycles. The van der Waals surface area contributed by atoms with Crippen LogP contribution in [-0.4, -0.2) is 25.4 Å². The molecular formula is C17H24ClN5O2S. The summed E-state index contributed by atoms with van der Waals surface area (Å²) in [6.07, 6.45) is 5.35. The highest BCUT2D eigenvalue weighted by atomic mass is 35.5. The van der Waals surface area contributed by atoms with Gasteiger partial charge in [-0.1, -0.05) is 43.9 Å². The van der Waals surface area contributed by atoms with Crippen molar-refractivity contribution in [1.82, 2.24) is 9.71 Å². The van der Waals surface area contributed by atoms with Gasteiger partial charge in [0.1, 0.15) is 0 Å². The number of hydrogen-bond acceptors (Lipinski definition) is 4. The molecule has 9 heteroatoms. The Hall–Kier alpha value is -1.90. The van der Waals surface area contributed by atoms with E-state index in [0.717, 1.165) is 25.7 Å². The van der Waals surface area contributed by atoms with E-state index in [9.17, 15) is 8.42 Å². The molecule has 0 saturated carbocycles. The maximum absolute atomic E-state index is 12.7. The maximum atomic E-state index is 12.7. The number of hydrogen-bond donors (Lipinski definition) is 3. The fourth-order valence-corrected chi connectivity index (χ4v) is 4.16. The van der Waals surface area contributed by atoms with Crippen LogP contribution in [-0.2, 0) is 10.0 Å². The van der Waals surface area contributed by atoms with E-state index in [2.05, 4.69) is 21.6 Å². The summed E-state index contributed by atoms with van der Waals surface area (Å²) in [7, 11) is -3.68. The Balaban J connectivity index is 2.39. The van der Waals surface area contributed by atoms with E-state index in [-0.39, 0.29) is 22.7 Å². The predicted molar refractivity (Wildman–Crippen MR) is 106 cm³/mol. The van der Waals surface area contributed by atoms with Crippen molar-refractivity contribution >= 4 is 44.2 Å². The van der Waals surface area contributed by atoms with Crippen molar-refractivity contribution in [2.75, 3.05) is 0 Å². The van der Waals surface area contributed by atoms with Crippen LogP contribution in [0.2, 0.25) is 5.02 Å². The summed E-state index contributed by atoms with van der Waals surface area (Å²) in [5.41, 5.74) is 10.9. The Morgan fingerprint density at radius 2 is 2.04 bits per heavy atom. The molecular weight excluding hydrogens is 374 g/mol. The molecule has 5 N–H and O–H groups in total. The fourth-order valence-electron chi connectivity index (χ4n) is 2.64. The van der Waals surface area contributed by atoms with Crippen LogP contribution >= 0.6 is 11.6 Å². The SMILES string of the molecule is CCCCC[C@H](C)NS(=O)(=O)c1ccc2c(Cl)cnc(N=C(N)N)c2c1. The summed E-state index contributed by atoms with van der Waals surface area (Å²) < 4.78 is 28.1. The number of unbranched alkanes of at least 4 members (excludes halogenated alkanes) is 2. The minimum absolute atomic E-state index is 0.114. The monoisotopic (exact) mass is 397 g/mol. The van der Waals surface area contributed by atoms with Crippen LogP contribution in [0.25, 0.3) is 10.8 Å². The van der Waals surface area contributed by atoms with Crippen molar-refractivity contribution < 1.29 is 8.42 Å². The topological polar surface area (TPSA) is 123 Å². The number of sulfonamides is 1. The van der Waals surface area contributed by atoms with E-state index in [4.69, 9.17) is 23.1 Å². The molecule has 0 unspecified atom stereocenters. The van der Waals surface area contributed by atoms with E-state index in [1.165, 1.54) is 18.3 Å². The first-order valence-electron chi connectivity index (χ1n) is 8.45. The quantitative estimate of drug-likeness (QED) is 0.358. The Morgan fingerprint density at radius 3 is 2.69 bits per heavy atom. The van der Waals surface area contributed by atoms with Gasteiger partial charge < -0.3 is 11.5 Å². The van der Waals surface area contributed by atoms with Gasteiger partial charge in [-0.3, -0.25) is 0 Å². The zero-order valence-electron chi connectivity index (χ0n) is 14.9. The lowest BCUT2D eigenvalue weighted by Gasteiger charge is -2.15. The van der Waals surface area contributed by atoms with Crippen molar-refractivity contribution in [1.29, 1.82) is 0 Å². The molecule has 0 bridgehead atoms. The molecule has 26 heavy (non-hydrogen) atoms. The highest BCUT2D eigenvalue weighted by Gasteiger charge is 2.19. The second-order valence-corrected chi connectivity index (χ2v) is 8.31. The van der Waals surface area contributed by atoms with Gasteiger partial charge >= 0.3 is 0 Å². The molecule has 0 amide bonds. The van der Waals surface area contributed by atoms with E-state index in [1.807, 2.05) is 6.92 Å². The van der Waals surface area contributed by atoms with Crippen molar-refractivity contribution in [2.24, 2.45) is 16.5 Å². The molecule has 0 fully saturated rings. The third-order valence-corrected chi connectivity index (χ3v) is 5.82. The molecule has 0 radical (unpaired) electrons. The van der Waals surface area contributed by atoms with Crippen molar-refractivity contribution in [3.63, 3.8) is 0 Å². The zero-order chi connectivity index (χ0) is 19.3.